The van der Waals surface area contributed by atoms with Gasteiger partial charge in [0.1, 0.15) is 23.8 Å². The summed E-state index contributed by atoms with van der Waals surface area (Å²) in [5.41, 5.74) is 0.286. The van der Waals surface area contributed by atoms with E-state index in [1.54, 1.807) is 32.2 Å². The Labute approximate surface area is 197 Å². The Morgan fingerprint density at radius 3 is 2.53 bits per heavy atom. The molecule has 0 radical (unpaired) electrons. The minimum absolute atomic E-state index is 0.0327. The molecule has 1 saturated heterocycles. The maximum absolute atomic E-state index is 12.3. The number of fused-ring (bicyclic) bond motifs is 1. The molecule has 0 aromatic carbocycles. The molecule has 2 aromatic rings. The van der Waals surface area contributed by atoms with Gasteiger partial charge in [-0.1, -0.05) is 31.9 Å². The molecule has 0 atom stereocenters. The minimum atomic E-state index is -4.45. The number of carbonyl (C=O) groups is 1. The van der Waals surface area contributed by atoms with E-state index in [2.05, 4.69) is 26.8 Å². The van der Waals surface area contributed by atoms with Crippen LogP contribution in [-0.4, -0.2) is 46.3 Å². The van der Waals surface area contributed by atoms with E-state index in [0.29, 0.717) is 12.2 Å². The van der Waals surface area contributed by atoms with Gasteiger partial charge in [-0.05, 0) is 38.8 Å². The first-order valence-corrected chi connectivity index (χ1v) is 11.1. The molecule has 1 N–H and O–H groups in total. The summed E-state index contributed by atoms with van der Waals surface area (Å²) in [5, 5.41) is 5.78. The molecule has 1 aliphatic heterocycles. The molecular weight excluding hydrogens is 450 g/mol. The second kappa shape index (κ2) is 14.7. The lowest BCUT2D eigenvalue weighted by Gasteiger charge is -2.16. The van der Waals surface area contributed by atoms with Gasteiger partial charge < -0.3 is 10.2 Å². The number of nitrogens with one attached hydrogen (secondary N) is 1. The lowest BCUT2D eigenvalue weighted by Crippen LogP contribution is -2.33. The number of halogens is 4. The van der Waals surface area contributed by atoms with Gasteiger partial charge in [-0.3, -0.25) is 4.79 Å². The van der Waals surface area contributed by atoms with Crippen molar-refractivity contribution in [2.24, 2.45) is 0 Å². The highest BCUT2D eigenvalue weighted by molar-refractivity contribution is 5.99. The summed E-state index contributed by atoms with van der Waals surface area (Å²) in [7, 11) is 0. The minimum Gasteiger partial charge on any atom is -0.357 e. The highest BCUT2D eigenvalue weighted by Crippen LogP contribution is 2.20. The first-order chi connectivity index (χ1) is 16.2. The third-order valence-electron chi connectivity index (χ3n) is 4.43. The maximum atomic E-state index is 12.3. The summed E-state index contributed by atoms with van der Waals surface area (Å²) in [6, 6.07) is 1.78. The maximum Gasteiger partial charge on any atom is 0.405 e. The largest absolute Gasteiger partial charge is 0.405 e. The van der Waals surface area contributed by atoms with Crippen LogP contribution in [0.5, 0.6) is 0 Å². The smallest absolute Gasteiger partial charge is 0.357 e. The Hall–Kier alpha value is -3.35. The van der Waals surface area contributed by atoms with E-state index in [0.717, 1.165) is 25.9 Å². The third kappa shape index (κ3) is 9.65. The second-order valence-electron chi connectivity index (χ2n) is 6.81. The van der Waals surface area contributed by atoms with E-state index < -0.39 is 18.6 Å². The zero-order valence-electron chi connectivity index (χ0n) is 19.9. The monoisotopic (exact) mass is 481 g/mol. The van der Waals surface area contributed by atoms with Crippen LogP contribution in [0.4, 0.5) is 23.4 Å². The van der Waals surface area contributed by atoms with Crippen molar-refractivity contribution < 1.29 is 22.4 Å². The fraction of sp³-hybridized carbons (Fsp3) is 0.458. The van der Waals surface area contributed by atoms with Crippen LogP contribution in [0.2, 0.25) is 0 Å². The molecule has 0 aliphatic carbocycles. The van der Waals surface area contributed by atoms with E-state index >= 15 is 0 Å². The van der Waals surface area contributed by atoms with E-state index in [1.165, 1.54) is 22.9 Å². The molecule has 0 spiro atoms. The van der Waals surface area contributed by atoms with E-state index in [1.807, 2.05) is 19.2 Å². The van der Waals surface area contributed by atoms with Crippen LogP contribution in [0.3, 0.4) is 0 Å². The molecule has 6 nitrogen and oxygen atoms in total. The van der Waals surface area contributed by atoms with Crippen LogP contribution >= 0.6 is 0 Å². The van der Waals surface area contributed by atoms with E-state index in [-0.39, 0.29) is 17.0 Å². The first kappa shape index (κ1) is 28.7. The fourth-order valence-electron chi connectivity index (χ4n) is 2.85. The molecule has 0 unspecified atom stereocenters. The van der Waals surface area contributed by atoms with Crippen molar-refractivity contribution in [3.63, 3.8) is 0 Å². The Morgan fingerprint density at radius 1 is 1.26 bits per heavy atom. The normalized spacial score (nSPS) is 13.5. The quantitative estimate of drug-likeness (QED) is 0.349. The average Bonchev–Trinajstić information content (AvgIpc) is 3.51. The molecule has 34 heavy (non-hydrogen) atoms. The zero-order valence-corrected chi connectivity index (χ0v) is 19.9. The van der Waals surface area contributed by atoms with Crippen LogP contribution in [0, 0.1) is 11.8 Å². The highest BCUT2D eigenvalue weighted by Gasteiger charge is 2.28. The highest BCUT2D eigenvalue weighted by atomic mass is 19.4. The van der Waals surface area contributed by atoms with Gasteiger partial charge in [0.05, 0.1) is 6.20 Å². The summed E-state index contributed by atoms with van der Waals surface area (Å²) in [4.78, 5) is 18.3. The first-order valence-electron chi connectivity index (χ1n) is 11.1. The zero-order chi connectivity index (χ0) is 25.6. The van der Waals surface area contributed by atoms with Gasteiger partial charge in [-0.25, -0.2) is 13.9 Å². The number of hydrogen-bond acceptors (Lipinski definition) is 4. The van der Waals surface area contributed by atoms with E-state index in [9.17, 15) is 22.4 Å². The predicted molar refractivity (Wildman–Crippen MR) is 126 cm³/mol. The number of aromatic nitrogens is 3. The molecule has 1 amide bonds. The third-order valence-corrected chi connectivity index (χ3v) is 4.43. The fourth-order valence-corrected chi connectivity index (χ4v) is 2.85. The number of allylic oxidation sites excluding steroid dienone is 4. The molecule has 3 heterocycles. The Bertz CT molecular complexity index is 1030. The number of amides is 1. The lowest BCUT2D eigenvalue weighted by molar-refractivity contribution is -0.123. The van der Waals surface area contributed by atoms with Gasteiger partial charge in [0.2, 0.25) is 0 Å². The van der Waals surface area contributed by atoms with Gasteiger partial charge in [-0.15, -0.1) is 5.92 Å². The van der Waals surface area contributed by atoms with Crippen LogP contribution < -0.4 is 10.2 Å². The standard InChI is InChI=1S/C13H14F3N5O.C9H11F.C2H6/c14-13(15,16)8-17-12(22)9-7-18-21-6-3-10(19-11(9)21)20-4-1-2-5-20;1-3-5-6-7-8-9(10)4-2;1-2/h3,6-7H,1-2,4-5,8H2,(H,17,22);4,7-8H,6H2,1-2H3;1-2H3/b;8-7-,9-4+;. The molecule has 3 rings (SSSR count). The molecule has 1 aliphatic rings. The summed E-state index contributed by atoms with van der Waals surface area (Å²) in [5.74, 6) is 5.17. The second-order valence-corrected chi connectivity index (χ2v) is 6.81. The predicted octanol–water partition coefficient (Wildman–Crippen LogP) is 5.48. The number of nitrogens with zero attached hydrogens (tertiary/aromatic N) is 4. The van der Waals surface area contributed by atoms with Crippen molar-refractivity contribution in [3.05, 3.63) is 48.1 Å². The Balaban J connectivity index is 0.000000409. The van der Waals surface area contributed by atoms with E-state index in [4.69, 9.17) is 0 Å². The molecule has 10 heteroatoms. The molecule has 186 valence electrons. The number of alkyl halides is 3. The Morgan fingerprint density at radius 2 is 1.94 bits per heavy atom. The van der Waals surface area contributed by atoms with Crippen LogP contribution in [0.1, 0.15) is 57.3 Å². The van der Waals surface area contributed by atoms with Crippen molar-refractivity contribution in [2.45, 2.75) is 53.1 Å². The molecule has 1 fully saturated rings. The SMILES string of the molecule is CC.CC#CC/C=C\C(F)=C/C.O=C(NCC(F)(F)F)c1cnn2ccc(N3CCCC3)nc12. The summed E-state index contributed by atoms with van der Waals surface area (Å²) in [6.45, 7) is 7.81. The van der Waals surface area contributed by atoms with Gasteiger partial charge in [-0.2, -0.15) is 18.3 Å². The topological polar surface area (TPSA) is 62.5 Å². The van der Waals surface area contributed by atoms with Crippen LogP contribution in [-0.2, 0) is 0 Å². The number of anilines is 1. The summed E-state index contributed by atoms with van der Waals surface area (Å²) < 4.78 is 50.2. The van der Waals surface area contributed by atoms with Gasteiger partial charge in [0.15, 0.2) is 5.65 Å². The molecule has 2 aromatic heterocycles. The summed E-state index contributed by atoms with van der Waals surface area (Å²) in [6.07, 6.45) is 5.73. The average molecular weight is 482 g/mol. The van der Waals surface area contributed by atoms with Gasteiger partial charge >= 0.3 is 6.18 Å². The van der Waals surface area contributed by atoms with Gasteiger partial charge in [0.25, 0.3) is 5.91 Å². The Kier molecular flexibility index (Phi) is 12.4. The van der Waals surface area contributed by atoms with Crippen molar-refractivity contribution in [1.82, 2.24) is 19.9 Å². The number of carbonyl (C=O) groups excluding carboxylic acids is 1. The van der Waals surface area contributed by atoms with Crippen LogP contribution in [0.15, 0.2) is 42.5 Å². The number of rotatable bonds is 5. The number of hydrogen-bond donors (Lipinski definition) is 1. The molecule has 0 saturated carbocycles. The van der Waals surface area contributed by atoms with Crippen molar-refractivity contribution >= 4 is 17.4 Å². The van der Waals surface area contributed by atoms with Crippen molar-refractivity contribution in [3.8, 4) is 11.8 Å². The van der Waals surface area contributed by atoms with Crippen LogP contribution in [0.25, 0.3) is 5.65 Å². The molecular formula is C24H31F4N5O. The van der Waals surface area contributed by atoms with Gasteiger partial charge in [0, 0.05) is 25.7 Å². The van der Waals surface area contributed by atoms with Crippen molar-refractivity contribution in [2.75, 3.05) is 24.5 Å². The lowest BCUT2D eigenvalue weighted by atomic mass is 10.3. The molecule has 0 bridgehead atoms. The summed E-state index contributed by atoms with van der Waals surface area (Å²) >= 11 is 0. The van der Waals surface area contributed by atoms with Crippen molar-refractivity contribution in [1.29, 1.82) is 0 Å².